The van der Waals surface area contributed by atoms with Crippen molar-refractivity contribution >= 4 is 51.1 Å². The summed E-state index contributed by atoms with van der Waals surface area (Å²) >= 11 is 3.41. The molecule has 1 aromatic carbocycles. The highest BCUT2D eigenvalue weighted by Crippen LogP contribution is 2.36. The molecule has 1 aliphatic rings. The van der Waals surface area contributed by atoms with E-state index in [0.29, 0.717) is 28.1 Å². The molecular formula is C19H17BrN2O5. The van der Waals surface area contributed by atoms with Gasteiger partial charge >= 0.3 is 11.9 Å². The lowest BCUT2D eigenvalue weighted by atomic mass is 9.99. The molecule has 2 N–H and O–H groups in total. The number of hydrogen-bond acceptors (Lipinski definition) is 5. The quantitative estimate of drug-likeness (QED) is 0.571. The number of rotatable bonds is 4. The van der Waals surface area contributed by atoms with Crippen LogP contribution in [0.3, 0.4) is 0 Å². The first-order chi connectivity index (χ1) is 12.8. The fourth-order valence-corrected chi connectivity index (χ4v) is 3.37. The molecule has 1 aliphatic heterocycles. The molecule has 140 valence electrons. The summed E-state index contributed by atoms with van der Waals surface area (Å²) in [5.41, 5.74) is 3.69. The van der Waals surface area contributed by atoms with Crippen LogP contribution in [0, 0.1) is 6.92 Å². The van der Waals surface area contributed by atoms with E-state index in [1.165, 1.54) is 14.2 Å². The summed E-state index contributed by atoms with van der Waals surface area (Å²) in [6.07, 6.45) is 1.54. The van der Waals surface area contributed by atoms with Crippen LogP contribution in [0.25, 0.3) is 11.6 Å². The van der Waals surface area contributed by atoms with E-state index in [2.05, 4.69) is 26.2 Å². The molecular weight excluding hydrogens is 416 g/mol. The van der Waals surface area contributed by atoms with E-state index < -0.39 is 11.9 Å². The molecule has 0 aliphatic carbocycles. The summed E-state index contributed by atoms with van der Waals surface area (Å²) in [6.45, 7) is 1.76. The molecule has 0 saturated carbocycles. The van der Waals surface area contributed by atoms with E-state index in [4.69, 9.17) is 9.47 Å². The number of H-pyrrole nitrogens is 1. The maximum absolute atomic E-state index is 12.5. The number of anilines is 1. The lowest BCUT2D eigenvalue weighted by Gasteiger charge is -2.05. The predicted octanol–water partition coefficient (Wildman–Crippen LogP) is 3.08. The van der Waals surface area contributed by atoms with Crippen molar-refractivity contribution in [3.05, 3.63) is 50.8 Å². The van der Waals surface area contributed by atoms with Gasteiger partial charge in [-0.25, -0.2) is 4.79 Å². The second-order valence-electron chi connectivity index (χ2n) is 5.96. The second-order valence-corrected chi connectivity index (χ2v) is 6.88. The summed E-state index contributed by atoms with van der Waals surface area (Å²) in [5, 5.41) is 2.81. The molecule has 2 aromatic rings. The number of ether oxygens (including phenoxy) is 2. The third-order valence-electron chi connectivity index (χ3n) is 4.33. The number of benzene rings is 1. The van der Waals surface area contributed by atoms with E-state index in [1.54, 1.807) is 19.1 Å². The van der Waals surface area contributed by atoms with Crippen LogP contribution in [0.5, 0.6) is 0 Å². The standard InChI is InChI=1S/C19H17BrN2O5/c1-9-11(13(8-16(23)26-2)17(21-9)19(25)27-3)7-14-12-6-10(20)4-5-15(12)22-18(14)24/h4-7,21H,8H2,1-3H3,(H,22,24)/b14-7+. The van der Waals surface area contributed by atoms with Gasteiger partial charge in [-0.05, 0) is 31.2 Å². The number of carbonyl (C=O) groups is 3. The first kappa shape index (κ1) is 18.9. The van der Waals surface area contributed by atoms with Crippen LogP contribution in [0.4, 0.5) is 5.69 Å². The van der Waals surface area contributed by atoms with Gasteiger partial charge in [0.15, 0.2) is 0 Å². The Balaban J connectivity index is 2.17. The Morgan fingerprint density at radius 2 is 1.96 bits per heavy atom. The molecule has 3 rings (SSSR count). The summed E-state index contributed by atoms with van der Waals surface area (Å²) in [4.78, 5) is 39.4. The molecule has 27 heavy (non-hydrogen) atoms. The number of aromatic nitrogens is 1. The lowest BCUT2D eigenvalue weighted by Crippen LogP contribution is -2.11. The molecule has 8 heteroatoms. The molecule has 0 unspecified atom stereocenters. The average Bonchev–Trinajstić information content (AvgIpc) is 3.12. The van der Waals surface area contributed by atoms with Gasteiger partial charge in [0.05, 0.1) is 20.6 Å². The number of fused-ring (bicyclic) bond motifs is 1. The molecule has 0 bridgehead atoms. The summed E-state index contributed by atoms with van der Waals surface area (Å²) in [7, 11) is 2.53. The minimum Gasteiger partial charge on any atom is -0.469 e. The SMILES string of the molecule is COC(=O)Cc1c(C(=O)OC)[nH]c(C)c1/C=C1/C(=O)Nc2ccc(Br)cc21. The molecule has 2 heterocycles. The summed E-state index contributed by atoms with van der Waals surface area (Å²) < 4.78 is 10.4. The van der Waals surface area contributed by atoms with E-state index in [1.807, 2.05) is 12.1 Å². The highest BCUT2D eigenvalue weighted by atomic mass is 79.9. The number of aromatic amines is 1. The zero-order valence-corrected chi connectivity index (χ0v) is 16.5. The molecule has 7 nitrogen and oxygen atoms in total. The highest BCUT2D eigenvalue weighted by molar-refractivity contribution is 9.10. The van der Waals surface area contributed by atoms with Crippen LogP contribution in [0.1, 0.15) is 32.9 Å². The van der Waals surface area contributed by atoms with Crippen molar-refractivity contribution in [3.63, 3.8) is 0 Å². The van der Waals surface area contributed by atoms with Gasteiger partial charge in [0, 0.05) is 38.1 Å². The van der Waals surface area contributed by atoms with Gasteiger partial charge < -0.3 is 19.8 Å². The molecule has 0 atom stereocenters. The fourth-order valence-electron chi connectivity index (χ4n) is 3.01. The number of methoxy groups -OCH3 is 2. The maximum Gasteiger partial charge on any atom is 0.354 e. The smallest absolute Gasteiger partial charge is 0.354 e. The zero-order valence-electron chi connectivity index (χ0n) is 14.9. The fraction of sp³-hybridized carbons (Fsp3) is 0.211. The van der Waals surface area contributed by atoms with Crippen LogP contribution in [-0.4, -0.2) is 37.0 Å². The number of carbonyl (C=O) groups excluding carboxylic acids is 3. The Bertz CT molecular complexity index is 990. The van der Waals surface area contributed by atoms with Crippen molar-refractivity contribution in [2.75, 3.05) is 19.5 Å². The first-order valence-electron chi connectivity index (χ1n) is 8.05. The Hall–Kier alpha value is -2.87. The highest BCUT2D eigenvalue weighted by Gasteiger charge is 2.27. The topological polar surface area (TPSA) is 97.5 Å². The Kier molecular flexibility index (Phi) is 5.18. The van der Waals surface area contributed by atoms with Crippen LogP contribution >= 0.6 is 15.9 Å². The molecule has 0 saturated heterocycles. The Morgan fingerprint density at radius 3 is 2.63 bits per heavy atom. The molecule has 1 aromatic heterocycles. The minimum atomic E-state index is -0.597. The average molecular weight is 433 g/mol. The largest absolute Gasteiger partial charge is 0.469 e. The lowest BCUT2D eigenvalue weighted by molar-refractivity contribution is -0.139. The van der Waals surface area contributed by atoms with Gasteiger partial charge in [-0.2, -0.15) is 0 Å². The first-order valence-corrected chi connectivity index (χ1v) is 8.84. The predicted molar refractivity (Wildman–Crippen MR) is 103 cm³/mol. The van der Waals surface area contributed by atoms with Crippen molar-refractivity contribution in [3.8, 4) is 0 Å². The van der Waals surface area contributed by atoms with Crippen LogP contribution in [-0.2, 0) is 25.5 Å². The van der Waals surface area contributed by atoms with E-state index in [-0.39, 0.29) is 18.0 Å². The Labute approximate surface area is 163 Å². The number of aryl methyl sites for hydroxylation is 1. The number of amides is 1. The third-order valence-corrected chi connectivity index (χ3v) is 4.83. The van der Waals surface area contributed by atoms with Gasteiger partial charge in [-0.3, -0.25) is 9.59 Å². The normalized spacial score (nSPS) is 14.1. The number of hydrogen-bond donors (Lipinski definition) is 2. The van der Waals surface area contributed by atoms with Crippen LogP contribution in [0.2, 0.25) is 0 Å². The summed E-state index contributed by atoms with van der Waals surface area (Å²) in [6, 6.07) is 5.47. The molecule has 0 spiro atoms. The molecule has 1 amide bonds. The summed E-state index contributed by atoms with van der Waals surface area (Å²) in [5.74, 6) is -1.36. The van der Waals surface area contributed by atoms with Gasteiger partial charge in [0.2, 0.25) is 0 Å². The molecule has 0 fully saturated rings. The zero-order chi connectivity index (χ0) is 19.7. The van der Waals surface area contributed by atoms with Crippen molar-refractivity contribution in [1.82, 2.24) is 4.98 Å². The monoisotopic (exact) mass is 432 g/mol. The van der Waals surface area contributed by atoms with Crippen molar-refractivity contribution < 1.29 is 23.9 Å². The van der Waals surface area contributed by atoms with Crippen molar-refractivity contribution in [2.24, 2.45) is 0 Å². The van der Waals surface area contributed by atoms with E-state index in [0.717, 1.165) is 10.0 Å². The van der Waals surface area contributed by atoms with E-state index in [9.17, 15) is 14.4 Å². The molecule has 0 radical (unpaired) electrons. The van der Waals surface area contributed by atoms with Crippen molar-refractivity contribution in [2.45, 2.75) is 13.3 Å². The number of halogens is 1. The minimum absolute atomic E-state index is 0.128. The maximum atomic E-state index is 12.5. The van der Waals surface area contributed by atoms with Gasteiger partial charge in [0.25, 0.3) is 5.91 Å². The van der Waals surface area contributed by atoms with Gasteiger partial charge in [0.1, 0.15) is 5.69 Å². The van der Waals surface area contributed by atoms with Crippen molar-refractivity contribution in [1.29, 1.82) is 0 Å². The van der Waals surface area contributed by atoms with Gasteiger partial charge in [-0.1, -0.05) is 15.9 Å². The number of esters is 2. The second kappa shape index (κ2) is 7.40. The van der Waals surface area contributed by atoms with Crippen LogP contribution < -0.4 is 5.32 Å². The van der Waals surface area contributed by atoms with Gasteiger partial charge in [-0.15, -0.1) is 0 Å². The third kappa shape index (κ3) is 3.52. The Morgan fingerprint density at radius 1 is 1.22 bits per heavy atom. The van der Waals surface area contributed by atoms with Crippen LogP contribution in [0.15, 0.2) is 22.7 Å². The van der Waals surface area contributed by atoms with E-state index >= 15 is 0 Å². The number of nitrogens with one attached hydrogen (secondary N) is 2.